The van der Waals surface area contributed by atoms with E-state index in [1.165, 1.54) is 19.3 Å². The molecule has 3 atom stereocenters. The van der Waals surface area contributed by atoms with Gasteiger partial charge in [0.25, 0.3) is 0 Å². The highest BCUT2D eigenvalue weighted by atomic mass is 16.7. The summed E-state index contributed by atoms with van der Waals surface area (Å²) < 4.78 is 13.2. The Labute approximate surface area is 247 Å². The zero-order valence-electron chi connectivity index (χ0n) is 23.9. The van der Waals surface area contributed by atoms with Crippen LogP contribution >= 0.6 is 0 Å². The van der Waals surface area contributed by atoms with E-state index in [1.807, 2.05) is 66.7 Å². The second-order valence-corrected chi connectivity index (χ2v) is 11.2. The summed E-state index contributed by atoms with van der Waals surface area (Å²) in [4.78, 5) is 25.2. The summed E-state index contributed by atoms with van der Waals surface area (Å²) in [6.07, 6.45) is 3.68. The molecule has 2 fully saturated rings. The minimum absolute atomic E-state index is 0.0141. The van der Waals surface area contributed by atoms with Gasteiger partial charge in [-0.15, -0.1) is 0 Å². The lowest BCUT2D eigenvalue weighted by Crippen LogP contribution is -2.41. The number of nitrogens with one attached hydrogen (secondary N) is 1. The summed E-state index contributed by atoms with van der Waals surface area (Å²) in [6.45, 7) is 3.43. The maximum absolute atomic E-state index is 12.0. The van der Waals surface area contributed by atoms with Crippen molar-refractivity contribution in [2.24, 2.45) is 0 Å². The molecule has 0 aliphatic carbocycles. The van der Waals surface area contributed by atoms with Crippen LogP contribution < -0.4 is 5.32 Å². The number of ether oxygens (including phenoxy) is 2. The minimum Gasteiger partial charge on any atom is -0.481 e. The number of likely N-dealkylation sites (tertiary alicyclic amines) is 1. The Bertz CT molecular complexity index is 1340. The van der Waals surface area contributed by atoms with Crippen molar-refractivity contribution < 1.29 is 29.3 Å². The first-order valence-electron chi connectivity index (χ1n) is 14.9. The molecule has 8 heteroatoms. The van der Waals surface area contributed by atoms with Gasteiger partial charge in [0.1, 0.15) is 0 Å². The molecule has 2 aliphatic heterocycles. The highest BCUT2D eigenvalue weighted by molar-refractivity contribution is 5.80. The van der Waals surface area contributed by atoms with Crippen molar-refractivity contribution in [3.63, 3.8) is 0 Å². The zero-order chi connectivity index (χ0) is 29.3. The largest absolute Gasteiger partial charge is 0.481 e. The van der Waals surface area contributed by atoms with E-state index >= 15 is 0 Å². The number of aliphatic hydroxyl groups excluding tert-OH is 1. The number of aliphatic hydroxyl groups is 1. The third-order valence-corrected chi connectivity index (χ3v) is 8.00. The highest BCUT2D eigenvalue weighted by Crippen LogP contribution is 2.39. The van der Waals surface area contributed by atoms with Crippen LogP contribution in [0.1, 0.15) is 73.2 Å². The molecular weight excluding hydrogens is 532 g/mol. The Balaban J connectivity index is 1.32. The molecule has 3 aromatic rings. The van der Waals surface area contributed by atoms with Crippen LogP contribution in [0.3, 0.4) is 0 Å². The lowest BCUT2D eigenvalue weighted by molar-refractivity contribution is -0.253. The molecule has 2 saturated heterocycles. The van der Waals surface area contributed by atoms with Crippen molar-refractivity contribution in [3.05, 3.63) is 95.1 Å². The topological polar surface area (TPSA) is 108 Å². The Morgan fingerprint density at radius 3 is 2.31 bits per heavy atom. The third-order valence-electron chi connectivity index (χ3n) is 8.00. The van der Waals surface area contributed by atoms with Gasteiger partial charge in [-0.25, -0.2) is 0 Å². The first kappa shape index (κ1) is 29.9. The zero-order valence-corrected chi connectivity index (χ0v) is 23.9. The SMILES string of the molecule is O=C(O)CCC(=O)NCc1cccc(-c2cccc([C@H]3O[C@@H](CN4CCCCC4)C[C@@H](c4ccc(CO)cc4)O3)c2)c1. The van der Waals surface area contributed by atoms with Gasteiger partial charge in [-0.2, -0.15) is 0 Å². The smallest absolute Gasteiger partial charge is 0.303 e. The average Bonchev–Trinajstić information content (AvgIpc) is 3.03. The van der Waals surface area contributed by atoms with E-state index in [0.717, 1.165) is 59.4 Å². The van der Waals surface area contributed by atoms with E-state index in [-0.39, 0.29) is 37.6 Å². The van der Waals surface area contributed by atoms with E-state index < -0.39 is 12.3 Å². The number of carbonyl (C=O) groups excluding carboxylic acids is 1. The Kier molecular flexibility index (Phi) is 10.4. The van der Waals surface area contributed by atoms with Crippen LogP contribution in [0.4, 0.5) is 0 Å². The van der Waals surface area contributed by atoms with Crippen LogP contribution in [-0.2, 0) is 32.2 Å². The number of benzene rings is 3. The molecule has 0 aromatic heterocycles. The van der Waals surface area contributed by atoms with Crippen LogP contribution in [0.2, 0.25) is 0 Å². The number of amides is 1. The number of carbonyl (C=O) groups is 2. The molecule has 2 aliphatic rings. The summed E-state index contributed by atoms with van der Waals surface area (Å²) >= 11 is 0. The van der Waals surface area contributed by atoms with Gasteiger partial charge in [-0.1, -0.05) is 67.1 Å². The predicted octanol–water partition coefficient (Wildman–Crippen LogP) is 5.36. The van der Waals surface area contributed by atoms with E-state index in [9.17, 15) is 14.7 Å². The third kappa shape index (κ3) is 8.26. The minimum atomic E-state index is -0.985. The van der Waals surface area contributed by atoms with Crippen molar-refractivity contribution in [1.82, 2.24) is 10.2 Å². The summed E-state index contributed by atoms with van der Waals surface area (Å²) in [5, 5.41) is 21.1. The summed E-state index contributed by atoms with van der Waals surface area (Å²) in [6, 6.07) is 24.1. The summed E-state index contributed by atoms with van der Waals surface area (Å²) in [5.74, 6) is -1.27. The van der Waals surface area contributed by atoms with Gasteiger partial charge < -0.3 is 29.9 Å². The van der Waals surface area contributed by atoms with Gasteiger partial charge in [-0.3, -0.25) is 9.59 Å². The number of nitrogens with zero attached hydrogens (tertiary/aromatic N) is 1. The van der Waals surface area contributed by atoms with Crippen molar-refractivity contribution >= 4 is 11.9 Å². The van der Waals surface area contributed by atoms with Gasteiger partial charge in [0, 0.05) is 31.5 Å². The molecule has 0 bridgehead atoms. The van der Waals surface area contributed by atoms with Crippen LogP contribution in [0, 0.1) is 0 Å². The molecule has 5 rings (SSSR count). The normalized spacial score (nSPS) is 21.1. The number of hydrogen-bond acceptors (Lipinski definition) is 6. The lowest BCUT2D eigenvalue weighted by Gasteiger charge is -2.39. The van der Waals surface area contributed by atoms with Crippen molar-refractivity contribution in [3.8, 4) is 11.1 Å². The number of carboxylic acid groups (broad SMARTS) is 1. The van der Waals surface area contributed by atoms with E-state index in [0.29, 0.717) is 6.54 Å². The number of piperidine rings is 1. The molecule has 0 spiro atoms. The summed E-state index contributed by atoms with van der Waals surface area (Å²) in [7, 11) is 0. The Morgan fingerprint density at radius 2 is 1.57 bits per heavy atom. The molecule has 1 amide bonds. The van der Waals surface area contributed by atoms with Gasteiger partial charge in [0.2, 0.25) is 5.91 Å². The monoisotopic (exact) mass is 572 g/mol. The van der Waals surface area contributed by atoms with E-state index in [1.54, 1.807) is 0 Å². The molecule has 8 nitrogen and oxygen atoms in total. The molecule has 42 heavy (non-hydrogen) atoms. The summed E-state index contributed by atoms with van der Waals surface area (Å²) in [5.41, 5.74) is 5.85. The van der Waals surface area contributed by atoms with Crippen LogP contribution in [0.15, 0.2) is 72.8 Å². The maximum Gasteiger partial charge on any atom is 0.303 e. The Morgan fingerprint density at radius 1 is 0.833 bits per heavy atom. The molecular formula is C34H40N2O6. The first-order chi connectivity index (χ1) is 20.5. The molecule has 2 heterocycles. The van der Waals surface area contributed by atoms with Crippen molar-refractivity contribution in [2.75, 3.05) is 19.6 Å². The lowest BCUT2D eigenvalue weighted by atomic mass is 9.98. The molecule has 0 unspecified atom stereocenters. The van der Waals surface area contributed by atoms with Crippen LogP contribution in [0.5, 0.6) is 0 Å². The molecule has 0 radical (unpaired) electrons. The first-order valence-corrected chi connectivity index (χ1v) is 14.9. The maximum atomic E-state index is 12.0. The fourth-order valence-electron chi connectivity index (χ4n) is 5.70. The number of hydrogen-bond donors (Lipinski definition) is 3. The molecule has 3 aromatic carbocycles. The van der Waals surface area contributed by atoms with Gasteiger partial charge in [0.05, 0.1) is 25.2 Å². The molecule has 0 saturated carbocycles. The number of aliphatic carboxylic acids is 1. The Hall–Kier alpha value is -3.56. The van der Waals surface area contributed by atoms with E-state index in [2.05, 4.69) is 16.3 Å². The quantitative estimate of drug-likeness (QED) is 0.284. The van der Waals surface area contributed by atoms with Crippen LogP contribution in [0.25, 0.3) is 11.1 Å². The van der Waals surface area contributed by atoms with Crippen molar-refractivity contribution in [1.29, 1.82) is 0 Å². The molecule has 3 N–H and O–H groups in total. The van der Waals surface area contributed by atoms with Gasteiger partial charge >= 0.3 is 5.97 Å². The fourth-order valence-corrected chi connectivity index (χ4v) is 5.70. The standard InChI is InChI=1S/C34H40N2O6/c37-23-24-10-12-26(13-11-24)31-20-30(22-36-16-2-1-3-17-36)41-34(42-31)29-9-5-8-28(19-29)27-7-4-6-25(18-27)21-35-32(38)14-15-33(39)40/h4-13,18-19,30-31,34,37H,1-3,14-17,20-23H2,(H,35,38)(H,39,40)/t30-,31+,34+/m1/s1. The van der Waals surface area contributed by atoms with Gasteiger partial charge in [0.15, 0.2) is 6.29 Å². The average molecular weight is 573 g/mol. The number of carboxylic acids is 1. The molecule has 222 valence electrons. The highest BCUT2D eigenvalue weighted by Gasteiger charge is 2.33. The van der Waals surface area contributed by atoms with Crippen LogP contribution in [-0.4, -0.2) is 52.7 Å². The second-order valence-electron chi connectivity index (χ2n) is 11.2. The number of rotatable bonds is 11. The predicted molar refractivity (Wildman–Crippen MR) is 159 cm³/mol. The van der Waals surface area contributed by atoms with E-state index in [4.69, 9.17) is 14.6 Å². The fraction of sp³-hybridized carbons (Fsp3) is 0.412. The second kappa shape index (κ2) is 14.6. The van der Waals surface area contributed by atoms with Crippen molar-refractivity contribution in [2.45, 2.75) is 70.2 Å². The van der Waals surface area contributed by atoms with Gasteiger partial charge in [-0.05, 0) is 65.9 Å².